The van der Waals surface area contributed by atoms with E-state index in [2.05, 4.69) is 9.97 Å². The first-order valence-electron chi connectivity index (χ1n) is 26.8. The third kappa shape index (κ3) is 14.8. The van der Waals surface area contributed by atoms with Crippen LogP contribution >= 0.6 is 0 Å². The average Bonchev–Trinajstić information content (AvgIpc) is 3.39. The number of piperidine rings is 1. The molecule has 6 rings (SSSR count). The fourth-order valence-corrected chi connectivity index (χ4v) is 11.9. The van der Waals surface area contributed by atoms with Crippen LogP contribution in [0.1, 0.15) is 118 Å². The van der Waals surface area contributed by atoms with Gasteiger partial charge in [-0.2, -0.15) is 0 Å². The summed E-state index contributed by atoms with van der Waals surface area (Å²) >= 11 is 0. The summed E-state index contributed by atoms with van der Waals surface area (Å²) in [6, 6.07) is -1.14. The fraction of sp³-hybridized carbons (Fsp3) is 0.702. The Balaban J connectivity index is 1.34. The summed E-state index contributed by atoms with van der Waals surface area (Å²) in [6.45, 7) is 11.9. The highest BCUT2D eigenvalue weighted by molar-refractivity contribution is 6.39. The van der Waals surface area contributed by atoms with Crippen LogP contribution in [0.15, 0.2) is 66.2 Å². The molecule has 4 fully saturated rings. The van der Waals surface area contributed by atoms with Crippen molar-refractivity contribution in [2.24, 2.45) is 41.4 Å². The van der Waals surface area contributed by atoms with Gasteiger partial charge in [0.25, 0.3) is 11.7 Å². The molecule has 16 atom stereocenters. The maximum atomic E-state index is 14.7. The molecule has 5 heterocycles. The lowest BCUT2D eigenvalue weighted by molar-refractivity contribution is -0.266. The van der Waals surface area contributed by atoms with Gasteiger partial charge in [0.1, 0.15) is 30.1 Å². The number of methoxy groups -OCH3 is 3. The molecule has 17 heteroatoms. The number of carbonyl (C=O) groups excluding carboxylic acids is 5. The molecule has 74 heavy (non-hydrogen) atoms. The van der Waals surface area contributed by atoms with Crippen molar-refractivity contribution < 1.29 is 67.3 Å². The highest BCUT2D eigenvalue weighted by atomic mass is 16.6. The van der Waals surface area contributed by atoms with Crippen molar-refractivity contribution in [2.45, 2.75) is 173 Å². The zero-order valence-corrected chi connectivity index (χ0v) is 45.1. The van der Waals surface area contributed by atoms with Gasteiger partial charge in [0.2, 0.25) is 5.79 Å². The van der Waals surface area contributed by atoms with Crippen molar-refractivity contribution in [2.75, 3.05) is 41.1 Å². The Morgan fingerprint density at radius 2 is 1.64 bits per heavy atom. The lowest BCUT2D eigenvalue weighted by Gasteiger charge is -2.50. The monoisotopic (exact) mass is 1030 g/mol. The van der Waals surface area contributed by atoms with Crippen LogP contribution in [-0.4, -0.2) is 150 Å². The van der Waals surface area contributed by atoms with Crippen molar-refractivity contribution in [3.8, 4) is 0 Å². The standard InChI is InChI=1S/C57H83N3O14/c1-34-14-11-10-12-15-35(2)47(72-33-41-32-58-21-22-59-41)30-42-19-17-39(6)57(67,74-42)54(64)55(65)60-23-13-16-43-44(28-40-18-20-46(49(29-40)69-8)71-25-24-68-7)48(73-56(66)50(43)60)31-45(61)36(3)27-38(5)52(63)53(70-9)51(62)37(4)26-34/h10-12,14-15,21-22,27,32,34,36-37,39-40,42-44,46-50,52-53,63,67H,13,16-20,23-26,28-31,33H2,1-9H3/b12-10+,14-11+,35-15+,38-27+/t34-,36-,37-,39-,40+,42+,43-,44?,46-,47-,48+,49-,50?,52-,53+,57-/m1/s1. The Morgan fingerprint density at radius 3 is 2.35 bits per heavy atom. The van der Waals surface area contributed by atoms with Crippen LogP contribution < -0.4 is 0 Å². The molecule has 4 aliphatic heterocycles. The quantitative estimate of drug-likeness (QED) is 0.106. The number of amides is 1. The number of aliphatic hydroxyl groups excluding tert-OH is 1. The van der Waals surface area contributed by atoms with Gasteiger partial charge in [-0.05, 0) is 101 Å². The summed E-state index contributed by atoms with van der Waals surface area (Å²) in [5.41, 5.74) is 1.83. The average molecular weight is 1030 g/mol. The van der Waals surface area contributed by atoms with E-state index in [9.17, 15) is 34.2 Å². The Hall–Kier alpha value is -4.33. The number of ketones is 3. The number of ether oxygens (including phenoxy) is 7. The number of aromatic nitrogens is 2. The largest absolute Gasteiger partial charge is 0.460 e. The minimum Gasteiger partial charge on any atom is -0.460 e. The molecule has 2 N–H and O–H groups in total. The number of carbonyl (C=O) groups is 5. The highest BCUT2D eigenvalue weighted by Gasteiger charge is 2.57. The Kier molecular flexibility index (Phi) is 22.0. The van der Waals surface area contributed by atoms with Gasteiger partial charge in [0, 0.05) is 76.8 Å². The third-order valence-electron chi connectivity index (χ3n) is 16.3. The second kappa shape index (κ2) is 27.6. The molecular weight excluding hydrogens is 951 g/mol. The van der Waals surface area contributed by atoms with Gasteiger partial charge >= 0.3 is 5.97 Å². The van der Waals surface area contributed by atoms with Crippen molar-refractivity contribution in [1.82, 2.24) is 14.9 Å². The predicted octanol–water partition coefficient (Wildman–Crippen LogP) is 6.43. The van der Waals surface area contributed by atoms with Crippen LogP contribution in [0.5, 0.6) is 0 Å². The summed E-state index contributed by atoms with van der Waals surface area (Å²) < 4.78 is 42.0. The molecule has 0 spiro atoms. The molecule has 1 aliphatic carbocycles. The molecule has 0 aromatic carbocycles. The van der Waals surface area contributed by atoms with Crippen LogP contribution in [0.2, 0.25) is 0 Å². The maximum absolute atomic E-state index is 14.7. The van der Waals surface area contributed by atoms with Crippen LogP contribution in [-0.2, 0) is 63.7 Å². The zero-order valence-electron chi connectivity index (χ0n) is 45.1. The Bertz CT molecular complexity index is 2180. The molecule has 410 valence electrons. The van der Waals surface area contributed by atoms with Gasteiger partial charge in [-0.25, -0.2) is 4.79 Å². The number of fused-ring (bicyclic) bond motifs is 4. The van der Waals surface area contributed by atoms with Gasteiger partial charge < -0.3 is 48.3 Å². The molecular formula is C57H83N3O14. The van der Waals surface area contributed by atoms with E-state index in [1.54, 1.807) is 59.7 Å². The number of aliphatic hydroxyl groups is 2. The fourth-order valence-electron chi connectivity index (χ4n) is 11.9. The van der Waals surface area contributed by atoms with E-state index in [1.807, 2.05) is 51.2 Å². The normalized spacial score (nSPS) is 38.9. The van der Waals surface area contributed by atoms with Crippen LogP contribution in [0, 0.1) is 41.4 Å². The number of hydrogen-bond acceptors (Lipinski definition) is 16. The lowest BCUT2D eigenvalue weighted by atomic mass is 9.68. The maximum Gasteiger partial charge on any atom is 0.329 e. The van der Waals surface area contributed by atoms with Gasteiger partial charge in [0.15, 0.2) is 5.78 Å². The summed E-state index contributed by atoms with van der Waals surface area (Å²) in [6.07, 6.45) is 16.2. The first-order valence-corrected chi connectivity index (χ1v) is 26.8. The lowest BCUT2D eigenvalue weighted by Crippen LogP contribution is -2.65. The summed E-state index contributed by atoms with van der Waals surface area (Å²) in [4.78, 5) is 81.8. The topological polar surface area (TPSA) is 219 Å². The number of Topliss-reactive ketones (excluding diaryl/α,β-unsaturated/α-hetero) is 3. The molecule has 1 aromatic heterocycles. The van der Waals surface area contributed by atoms with Crippen molar-refractivity contribution in [3.63, 3.8) is 0 Å². The zero-order chi connectivity index (χ0) is 53.7. The molecule has 1 saturated carbocycles. The van der Waals surface area contributed by atoms with E-state index in [0.717, 1.165) is 18.4 Å². The van der Waals surface area contributed by atoms with Gasteiger partial charge in [-0.1, -0.05) is 64.2 Å². The molecule has 5 aliphatic rings. The highest BCUT2D eigenvalue weighted by Crippen LogP contribution is 2.45. The van der Waals surface area contributed by atoms with Crippen molar-refractivity contribution in [3.05, 3.63) is 71.9 Å². The Labute approximate surface area is 437 Å². The predicted molar refractivity (Wildman–Crippen MR) is 274 cm³/mol. The van der Waals surface area contributed by atoms with Gasteiger partial charge in [0.05, 0.1) is 56.1 Å². The first-order chi connectivity index (χ1) is 35.4. The van der Waals surface area contributed by atoms with Gasteiger partial charge in [-0.15, -0.1) is 0 Å². The van der Waals surface area contributed by atoms with Crippen LogP contribution in [0.25, 0.3) is 0 Å². The molecule has 3 saturated heterocycles. The third-order valence-corrected chi connectivity index (χ3v) is 16.3. The number of hydrogen-bond donors (Lipinski definition) is 2. The van der Waals surface area contributed by atoms with Crippen LogP contribution in [0.4, 0.5) is 0 Å². The molecule has 1 amide bonds. The molecule has 4 bridgehead atoms. The van der Waals surface area contributed by atoms with E-state index in [4.69, 9.17) is 33.2 Å². The summed E-state index contributed by atoms with van der Waals surface area (Å²) in [7, 11) is 4.67. The van der Waals surface area contributed by atoms with E-state index in [0.29, 0.717) is 69.4 Å². The molecule has 17 nitrogen and oxygen atoms in total. The second-order valence-electron chi connectivity index (χ2n) is 21.6. The molecule has 1 aromatic rings. The van der Waals surface area contributed by atoms with Crippen LogP contribution in [0.3, 0.4) is 0 Å². The van der Waals surface area contributed by atoms with Crippen molar-refractivity contribution >= 4 is 29.2 Å². The van der Waals surface area contributed by atoms with Crippen molar-refractivity contribution in [1.29, 1.82) is 0 Å². The molecule has 0 radical (unpaired) electrons. The summed E-state index contributed by atoms with van der Waals surface area (Å²) in [5, 5.41) is 23.9. The van der Waals surface area contributed by atoms with E-state index < -0.39 is 89.6 Å². The minimum absolute atomic E-state index is 0.00765. The first kappa shape index (κ1) is 58.9. The SMILES string of the molecule is COCCO[C@@H]1CC[C@@H](CC2[C@H]3CCCN4C(=O)C(=O)[C@]5(O)O[C@@H](CC[C@H]5C)C[C@@H](OCc5cnccn5)/C(C)=C/C=C/C=C/[C@@H](C)C[C@@H](C)C(=O)[C@H](OC)[C@H](O)/C(C)=C/[C@@H](C)C(=O)C[C@@H]2OC(=O)C34)C[C@H]1OC. The Morgan fingerprint density at radius 1 is 0.851 bits per heavy atom. The van der Waals surface area contributed by atoms with E-state index in [1.165, 1.54) is 12.0 Å². The number of nitrogens with zero attached hydrogens (tertiary/aromatic N) is 3. The smallest absolute Gasteiger partial charge is 0.329 e. The van der Waals surface area contributed by atoms with Gasteiger partial charge in [-0.3, -0.25) is 29.1 Å². The minimum atomic E-state index is -2.49. The second-order valence-corrected chi connectivity index (χ2v) is 21.6. The number of rotatable bonds is 11. The number of esters is 1. The summed E-state index contributed by atoms with van der Waals surface area (Å²) in [5.74, 6) is -8.59. The number of allylic oxidation sites excluding steroid dienone is 6. The van der Waals surface area contributed by atoms with E-state index >= 15 is 0 Å². The van der Waals surface area contributed by atoms with E-state index in [-0.39, 0.29) is 61.6 Å². The molecule has 2 unspecified atom stereocenters.